The number of nitrogens with zero attached hydrogens (tertiary/aromatic N) is 3. The van der Waals surface area contributed by atoms with E-state index in [4.69, 9.17) is 4.98 Å². The van der Waals surface area contributed by atoms with Crippen LogP contribution in [0.25, 0.3) is 0 Å². The van der Waals surface area contributed by atoms with Crippen molar-refractivity contribution in [1.29, 1.82) is 0 Å². The first-order valence-corrected chi connectivity index (χ1v) is 6.93. The zero-order valence-corrected chi connectivity index (χ0v) is 10.7. The maximum Gasteiger partial charge on any atom is 0.154 e. The summed E-state index contributed by atoms with van der Waals surface area (Å²) in [6.07, 6.45) is 7.76. The zero-order valence-electron chi connectivity index (χ0n) is 10.7. The molecular formula is C13H22N4. The molecule has 0 bridgehead atoms. The van der Waals surface area contributed by atoms with Crippen LogP contribution in [0.1, 0.15) is 49.7 Å². The monoisotopic (exact) mass is 234 g/mol. The lowest BCUT2D eigenvalue weighted by atomic mass is 9.89. The quantitative estimate of drug-likeness (QED) is 0.864. The second-order valence-electron chi connectivity index (χ2n) is 5.57. The maximum atomic E-state index is 4.78. The van der Waals surface area contributed by atoms with Crippen LogP contribution in [0.3, 0.4) is 0 Å². The van der Waals surface area contributed by atoms with Crippen LogP contribution in [0.2, 0.25) is 0 Å². The van der Waals surface area contributed by atoms with E-state index in [-0.39, 0.29) is 0 Å². The summed E-state index contributed by atoms with van der Waals surface area (Å²) in [5, 5.41) is 7.94. The van der Waals surface area contributed by atoms with Gasteiger partial charge in [-0.05, 0) is 31.8 Å². The number of aryl methyl sites for hydroxylation is 1. The van der Waals surface area contributed by atoms with Crippen LogP contribution in [0.4, 0.5) is 0 Å². The highest BCUT2D eigenvalue weighted by atomic mass is 15.3. The fraction of sp³-hybridized carbons (Fsp3) is 0.846. The van der Waals surface area contributed by atoms with E-state index in [2.05, 4.69) is 10.4 Å². The molecule has 1 saturated carbocycles. The summed E-state index contributed by atoms with van der Waals surface area (Å²) in [4.78, 5) is 4.78. The molecule has 4 nitrogen and oxygen atoms in total. The molecule has 1 aromatic heterocycles. The van der Waals surface area contributed by atoms with Gasteiger partial charge in [0, 0.05) is 19.4 Å². The van der Waals surface area contributed by atoms with Crippen molar-refractivity contribution < 1.29 is 0 Å². The van der Waals surface area contributed by atoms with E-state index in [1.807, 2.05) is 11.7 Å². The summed E-state index contributed by atoms with van der Waals surface area (Å²) in [5.41, 5.74) is 0. The van der Waals surface area contributed by atoms with Gasteiger partial charge in [-0.1, -0.05) is 19.3 Å². The fourth-order valence-electron chi connectivity index (χ4n) is 2.90. The van der Waals surface area contributed by atoms with Gasteiger partial charge in [0.25, 0.3) is 0 Å². The topological polar surface area (TPSA) is 42.7 Å². The van der Waals surface area contributed by atoms with Gasteiger partial charge < -0.3 is 5.32 Å². The van der Waals surface area contributed by atoms with E-state index in [0.717, 1.165) is 31.3 Å². The highest BCUT2D eigenvalue weighted by molar-refractivity contribution is 5.02. The molecule has 4 heteroatoms. The molecule has 94 valence electrons. The average molecular weight is 234 g/mol. The predicted molar refractivity (Wildman–Crippen MR) is 66.9 cm³/mol. The van der Waals surface area contributed by atoms with Crippen molar-refractivity contribution in [3.63, 3.8) is 0 Å². The summed E-state index contributed by atoms with van der Waals surface area (Å²) in [5.74, 6) is 3.69. The van der Waals surface area contributed by atoms with Gasteiger partial charge in [0.1, 0.15) is 5.82 Å². The first kappa shape index (κ1) is 11.2. The van der Waals surface area contributed by atoms with Crippen molar-refractivity contribution >= 4 is 0 Å². The van der Waals surface area contributed by atoms with E-state index < -0.39 is 0 Å². The van der Waals surface area contributed by atoms with Crippen molar-refractivity contribution in [2.75, 3.05) is 13.1 Å². The highest BCUT2D eigenvalue weighted by Crippen LogP contribution is 2.30. The first-order valence-electron chi connectivity index (χ1n) is 6.93. The number of hydrogen-bond acceptors (Lipinski definition) is 3. The van der Waals surface area contributed by atoms with Crippen LogP contribution in [0.15, 0.2) is 0 Å². The summed E-state index contributed by atoms with van der Waals surface area (Å²) >= 11 is 0. The Hall–Kier alpha value is -0.900. The van der Waals surface area contributed by atoms with Crippen molar-refractivity contribution in [2.45, 2.75) is 44.4 Å². The van der Waals surface area contributed by atoms with Crippen molar-refractivity contribution in [1.82, 2.24) is 20.1 Å². The summed E-state index contributed by atoms with van der Waals surface area (Å²) in [6, 6.07) is 0. The van der Waals surface area contributed by atoms with Gasteiger partial charge in [0.2, 0.25) is 0 Å². The maximum absolute atomic E-state index is 4.78. The van der Waals surface area contributed by atoms with Gasteiger partial charge in [-0.15, -0.1) is 0 Å². The van der Waals surface area contributed by atoms with Crippen molar-refractivity contribution in [3.8, 4) is 0 Å². The Kier molecular flexibility index (Phi) is 3.14. The molecule has 2 aliphatic rings. The van der Waals surface area contributed by atoms with Gasteiger partial charge in [0.05, 0.1) is 0 Å². The summed E-state index contributed by atoms with van der Waals surface area (Å²) < 4.78 is 2.00. The van der Waals surface area contributed by atoms with Gasteiger partial charge >= 0.3 is 0 Å². The smallest absolute Gasteiger partial charge is 0.154 e. The fourth-order valence-corrected chi connectivity index (χ4v) is 2.90. The Balaban J connectivity index is 1.70. The molecule has 3 rings (SSSR count). The van der Waals surface area contributed by atoms with E-state index in [9.17, 15) is 0 Å². The molecule has 0 spiro atoms. The molecule has 1 aliphatic carbocycles. The van der Waals surface area contributed by atoms with E-state index in [1.165, 1.54) is 37.9 Å². The SMILES string of the molecule is Cn1nc(C2CCCCC2)nc1CC1CNC1. The summed E-state index contributed by atoms with van der Waals surface area (Å²) in [7, 11) is 2.04. The van der Waals surface area contributed by atoms with Crippen LogP contribution in [0.5, 0.6) is 0 Å². The Morgan fingerprint density at radius 1 is 1.24 bits per heavy atom. The Bertz CT molecular complexity index is 375. The molecule has 0 amide bonds. The van der Waals surface area contributed by atoms with Crippen LogP contribution in [-0.4, -0.2) is 27.9 Å². The van der Waals surface area contributed by atoms with E-state index in [0.29, 0.717) is 5.92 Å². The third kappa shape index (κ3) is 2.37. The van der Waals surface area contributed by atoms with Crippen LogP contribution in [-0.2, 0) is 13.5 Å². The van der Waals surface area contributed by atoms with Gasteiger partial charge in [-0.25, -0.2) is 4.98 Å². The van der Waals surface area contributed by atoms with Crippen molar-refractivity contribution in [2.24, 2.45) is 13.0 Å². The lowest BCUT2D eigenvalue weighted by Gasteiger charge is -2.26. The van der Waals surface area contributed by atoms with Crippen LogP contribution >= 0.6 is 0 Å². The molecule has 0 radical (unpaired) electrons. The van der Waals surface area contributed by atoms with E-state index >= 15 is 0 Å². The molecule has 0 unspecified atom stereocenters. The molecule has 1 aromatic rings. The Morgan fingerprint density at radius 3 is 2.65 bits per heavy atom. The second-order valence-corrected chi connectivity index (χ2v) is 5.57. The van der Waals surface area contributed by atoms with Crippen LogP contribution in [0, 0.1) is 5.92 Å². The molecule has 2 fully saturated rings. The molecule has 1 aliphatic heterocycles. The lowest BCUT2D eigenvalue weighted by molar-refractivity contribution is 0.337. The minimum atomic E-state index is 0.628. The molecule has 1 saturated heterocycles. The number of hydrogen-bond donors (Lipinski definition) is 1. The summed E-state index contributed by atoms with van der Waals surface area (Å²) in [6.45, 7) is 2.29. The highest BCUT2D eigenvalue weighted by Gasteiger charge is 2.23. The van der Waals surface area contributed by atoms with E-state index in [1.54, 1.807) is 0 Å². The standard InChI is InChI=1S/C13H22N4/c1-17-12(7-10-8-14-9-10)15-13(16-17)11-5-3-2-4-6-11/h10-11,14H,2-9H2,1H3. The Morgan fingerprint density at radius 2 is 2.00 bits per heavy atom. The second kappa shape index (κ2) is 4.77. The van der Waals surface area contributed by atoms with Gasteiger partial charge in [0.15, 0.2) is 5.82 Å². The number of aromatic nitrogens is 3. The van der Waals surface area contributed by atoms with Gasteiger partial charge in [-0.2, -0.15) is 5.10 Å². The molecule has 0 atom stereocenters. The normalized spacial score (nSPS) is 22.6. The first-order chi connectivity index (χ1) is 8.33. The molecule has 1 N–H and O–H groups in total. The minimum Gasteiger partial charge on any atom is -0.316 e. The number of rotatable bonds is 3. The van der Waals surface area contributed by atoms with Crippen LogP contribution < -0.4 is 5.32 Å². The minimum absolute atomic E-state index is 0.628. The molecule has 0 aromatic carbocycles. The molecule has 17 heavy (non-hydrogen) atoms. The predicted octanol–water partition coefficient (Wildman–Crippen LogP) is 1.62. The van der Waals surface area contributed by atoms with Crippen molar-refractivity contribution in [3.05, 3.63) is 11.6 Å². The largest absolute Gasteiger partial charge is 0.316 e. The zero-order chi connectivity index (χ0) is 11.7. The Labute approximate surface area is 103 Å². The molecule has 2 heterocycles. The lowest BCUT2D eigenvalue weighted by Crippen LogP contribution is -2.43. The average Bonchev–Trinajstić information content (AvgIpc) is 2.67. The van der Waals surface area contributed by atoms with Gasteiger partial charge in [-0.3, -0.25) is 4.68 Å². The molecular weight excluding hydrogens is 212 g/mol. The third-order valence-electron chi connectivity index (χ3n) is 4.18. The third-order valence-corrected chi connectivity index (χ3v) is 4.18. The number of nitrogens with one attached hydrogen (secondary N) is 1.